The lowest BCUT2D eigenvalue weighted by Gasteiger charge is -2.34. The van der Waals surface area contributed by atoms with E-state index < -0.39 is 6.10 Å². The van der Waals surface area contributed by atoms with Crippen molar-refractivity contribution in [2.75, 3.05) is 39.3 Å². The molecule has 3 amide bonds. The summed E-state index contributed by atoms with van der Waals surface area (Å²) in [5, 5.41) is 10.3. The highest BCUT2D eigenvalue weighted by molar-refractivity contribution is 6.31. The quantitative estimate of drug-likeness (QED) is 0.298. The van der Waals surface area contributed by atoms with Gasteiger partial charge in [0, 0.05) is 55.8 Å². The highest BCUT2D eigenvalue weighted by Gasteiger charge is 2.40. The average molecular weight is 492 g/mol. The van der Waals surface area contributed by atoms with E-state index in [0.717, 1.165) is 43.0 Å². The van der Waals surface area contributed by atoms with Crippen molar-refractivity contribution in [3.63, 3.8) is 0 Å². The summed E-state index contributed by atoms with van der Waals surface area (Å²) in [4.78, 5) is 39.1. The first-order valence-electron chi connectivity index (χ1n) is 12.1. The Morgan fingerprint density at radius 3 is 2.85 bits per heavy atom. The molecule has 4 unspecified atom stereocenters. The van der Waals surface area contributed by atoms with Crippen molar-refractivity contribution in [1.82, 2.24) is 20.1 Å². The third-order valence-corrected chi connectivity index (χ3v) is 7.15. The number of carbonyl (C=O) groups excluding carboxylic acids is 3. The van der Waals surface area contributed by atoms with Gasteiger partial charge in [0.05, 0.1) is 25.1 Å². The standard InChI is InChI=1S/C24H34ClN5O4/c1-16-23-20(25)12-18(4-7-21(23)30(27-16)9-3-8-26-17(2)32)13-29(19-5-6-19)24(33)22-14-28(15-31)10-11-34-22/h4,7,12,15,18-19,21-23H,3,5-6,8-11,13-14H2,1-2H3,(H,26,32). The molecule has 9 nitrogen and oxygen atoms in total. The van der Waals surface area contributed by atoms with E-state index in [2.05, 4.69) is 17.5 Å². The molecule has 2 aliphatic carbocycles. The van der Waals surface area contributed by atoms with Gasteiger partial charge in [-0.3, -0.25) is 19.4 Å². The van der Waals surface area contributed by atoms with E-state index in [4.69, 9.17) is 21.4 Å². The topological polar surface area (TPSA) is 94.5 Å². The van der Waals surface area contributed by atoms with Gasteiger partial charge in [0.25, 0.3) is 5.91 Å². The third kappa shape index (κ3) is 5.81. The van der Waals surface area contributed by atoms with Crippen LogP contribution in [-0.4, -0.2) is 96.3 Å². The summed E-state index contributed by atoms with van der Waals surface area (Å²) in [7, 11) is 0. The van der Waals surface area contributed by atoms with Gasteiger partial charge in [0.2, 0.25) is 12.3 Å². The molecule has 2 aliphatic heterocycles. The Labute approximate surface area is 205 Å². The molecule has 0 aromatic rings. The maximum absolute atomic E-state index is 13.3. The molecule has 0 spiro atoms. The Bertz CT molecular complexity index is 887. The lowest BCUT2D eigenvalue weighted by molar-refractivity contribution is -0.151. The number of carbonyl (C=O) groups is 3. The predicted octanol–water partition coefficient (Wildman–Crippen LogP) is 1.35. The van der Waals surface area contributed by atoms with Gasteiger partial charge in [-0.15, -0.1) is 0 Å². The third-order valence-electron chi connectivity index (χ3n) is 6.79. The van der Waals surface area contributed by atoms with Crippen LogP contribution in [0.5, 0.6) is 0 Å². The minimum absolute atomic E-state index is 0.00316. The van der Waals surface area contributed by atoms with Gasteiger partial charge in [-0.05, 0) is 26.2 Å². The normalized spacial score (nSPS) is 28.6. The van der Waals surface area contributed by atoms with Crippen LogP contribution in [-0.2, 0) is 19.1 Å². The van der Waals surface area contributed by atoms with Crippen LogP contribution in [0.2, 0.25) is 0 Å². The molecule has 0 bridgehead atoms. The number of fused-ring (bicyclic) bond motifs is 1. The maximum atomic E-state index is 13.3. The van der Waals surface area contributed by atoms with Crippen LogP contribution >= 0.6 is 11.6 Å². The van der Waals surface area contributed by atoms with Gasteiger partial charge < -0.3 is 19.9 Å². The molecule has 1 saturated heterocycles. The molecule has 2 fully saturated rings. The van der Waals surface area contributed by atoms with Crippen molar-refractivity contribution < 1.29 is 19.1 Å². The van der Waals surface area contributed by atoms with E-state index in [9.17, 15) is 14.4 Å². The number of hydrogen-bond donors (Lipinski definition) is 1. The molecule has 4 aliphatic rings. The SMILES string of the molecule is CC(=O)NCCCN1N=C(C)C2C(Cl)=CC(CN(C(=O)C3CN(C=O)CCO3)C3CC3)C=CC21. The summed E-state index contributed by atoms with van der Waals surface area (Å²) in [6.45, 7) is 6.57. The number of amides is 3. The van der Waals surface area contributed by atoms with E-state index in [0.29, 0.717) is 32.8 Å². The van der Waals surface area contributed by atoms with Crippen LogP contribution < -0.4 is 5.32 Å². The molecule has 2 heterocycles. The second-order valence-corrected chi connectivity index (χ2v) is 9.93. The van der Waals surface area contributed by atoms with Crippen molar-refractivity contribution >= 4 is 35.5 Å². The van der Waals surface area contributed by atoms with E-state index >= 15 is 0 Å². The van der Waals surface area contributed by atoms with Crippen molar-refractivity contribution in [1.29, 1.82) is 0 Å². The minimum Gasteiger partial charge on any atom is -0.365 e. The summed E-state index contributed by atoms with van der Waals surface area (Å²) in [6.07, 6.45) is 9.27. The number of hydrazone groups is 1. The Morgan fingerprint density at radius 1 is 1.35 bits per heavy atom. The summed E-state index contributed by atoms with van der Waals surface area (Å²) in [5.74, 6) is -0.0952. The van der Waals surface area contributed by atoms with E-state index in [1.165, 1.54) is 6.92 Å². The molecule has 1 N–H and O–H groups in total. The van der Waals surface area contributed by atoms with Gasteiger partial charge in [0.15, 0.2) is 6.10 Å². The first kappa shape index (κ1) is 24.7. The van der Waals surface area contributed by atoms with E-state index in [-0.39, 0.29) is 35.7 Å². The minimum atomic E-state index is -0.610. The Morgan fingerprint density at radius 2 is 2.15 bits per heavy atom. The number of nitrogens with zero attached hydrogens (tertiary/aromatic N) is 4. The van der Waals surface area contributed by atoms with Gasteiger partial charge in [-0.25, -0.2) is 0 Å². The van der Waals surface area contributed by atoms with Crippen LogP contribution in [0.25, 0.3) is 0 Å². The summed E-state index contributed by atoms with van der Waals surface area (Å²) >= 11 is 6.81. The number of halogens is 1. The number of morpholine rings is 1. The molecule has 0 aromatic carbocycles. The fraction of sp³-hybridized carbons (Fsp3) is 0.667. The fourth-order valence-corrected chi connectivity index (χ4v) is 5.34. The smallest absolute Gasteiger partial charge is 0.253 e. The Kier molecular flexibility index (Phi) is 7.93. The molecular weight excluding hydrogens is 458 g/mol. The monoisotopic (exact) mass is 491 g/mol. The lowest BCUT2D eigenvalue weighted by Crippen LogP contribution is -2.52. The summed E-state index contributed by atoms with van der Waals surface area (Å²) in [6, 6.07) is 0.249. The Balaban J connectivity index is 1.42. The van der Waals surface area contributed by atoms with Crippen LogP contribution in [0.1, 0.15) is 33.1 Å². The summed E-state index contributed by atoms with van der Waals surface area (Å²) in [5.41, 5.74) is 0.968. The van der Waals surface area contributed by atoms with E-state index in [1.54, 1.807) is 4.90 Å². The molecule has 4 rings (SSSR count). The van der Waals surface area contributed by atoms with Crippen LogP contribution in [0, 0.1) is 11.8 Å². The average Bonchev–Trinajstić information content (AvgIpc) is 3.62. The molecule has 1 saturated carbocycles. The number of hydrogen-bond acceptors (Lipinski definition) is 6. The van der Waals surface area contributed by atoms with Gasteiger partial charge in [-0.1, -0.05) is 29.8 Å². The van der Waals surface area contributed by atoms with Crippen molar-refractivity contribution in [3.05, 3.63) is 23.3 Å². The van der Waals surface area contributed by atoms with Gasteiger partial charge in [0.1, 0.15) is 0 Å². The predicted molar refractivity (Wildman–Crippen MR) is 129 cm³/mol. The zero-order valence-electron chi connectivity index (χ0n) is 19.9. The largest absolute Gasteiger partial charge is 0.365 e. The highest BCUT2D eigenvalue weighted by atomic mass is 35.5. The van der Waals surface area contributed by atoms with Crippen molar-refractivity contribution in [2.24, 2.45) is 16.9 Å². The fourth-order valence-electron chi connectivity index (χ4n) is 4.89. The van der Waals surface area contributed by atoms with Gasteiger partial charge in [-0.2, -0.15) is 5.10 Å². The number of ether oxygens (including phenoxy) is 1. The van der Waals surface area contributed by atoms with Crippen LogP contribution in [0.3, 0.4) is 0 Å². The second kappa shape index (κ2) is 10.9. The van der Waals surface area contributed by atoms with Crippen LogP contribution in [0.15, 0.2) is 28.4 Å². The second-order valence-electron chi connectivity index (χ2n) is 9.49. The lowest BCUT2D eigenvalue weighted by atomic mass is 9.96. The van der Waals surface area contributed by atoms with Crippen molar-refractivity contribution in [2.45, 2.75) is 51.3 Å². The molecule has 34 heavy (non-hydrogen) atoms. The van der Waals surface area contributed by atoms with E-state index in [1.807, 2.05) is 22.9 Å². The molecule has 4 atom stereocenters. The van der Waals surface area contributed by atoms with Gasteiger partial charge >= 0.3 is 0 Å². The molecule has 10 heteroatoms. The van der Waals surface area contributed by atoms with Crippen molar-refractivity contribution in [3.8, 4) is 0 Å². The molecule has 186 valence electrons. The Hall–Kier alpha value is -2.39. The first-order chi connectivity index (χ1) is 16.4. The summed E-state index contributed by atoms with van der Waals surface area (Å²) < 4.78 is 5.72. The zero-order chi connectivity index (χ0) is 24.2. The maximum Gasteiger partial charge on any atom is 0.253 e. The number of rotatable bonds is 9. The molecule has 0 radical (unpaired) electrons. The zero-order valence-corrected chi connectivity index (χ0v) is 20.6. The first-order valence-corrected chi connectivity index (χ1v) is 12.5. The molecular formula is C24H34ClN5O4. The number of nitrogens with one attached hydrogen (secondary N) is 1. The van der Waals surface area contributed by atoms with Crippen LogP contribution in [0.4, 0.5) is 0 Å². The molecule has 0 aromatic heterocycles. The highest BCUT2D eigenvalue weighted by Crippen LogP contribution is 2.36.